The lowest BCUT2D eigenvalue weighted by molar-refractivity contribution is 0.104. The van der Waals surface area contributed by atoms with Gasteiger partial charge in [0.15, 0.2) is 0 Å². The Morgan fingerprint density at radius 1 is 1.22 bits per heavy atom. The van der Waals surface area contributed by atoms with Crippen LogP contribution in [0, 0.1) is 0 Å². The van der Waals surface area contributed by atoms with Crippen LogP contribution in [0.1, 0.15) is 32.8 Å². The first kappa shape index (κ1) is 12.4. The van der Waals surface area contributed by atoms with Crippen LogP contribution in [0.3, 0.4) is 0 Å². The van der Waals surface area contributed by atoms with E-state index in [0.717, 1.165) is 22.9 Å². The van der Waals surface area contributed by atoms with Crippen molar-refractivity contribution in [2.45, 2.75) is 19.3 Å². The molecule has 0 spiro atoms. The van der Waals surface area contributed by atoms with Gasteiger partial charge in [-0.1, -0.05) is 23.7 Å². The highest BCUT2D eigenvalue weighted by atomic mass is 79.9. The van der Waals surface area contributed by atoms with E-state index >= 15 is 0 Å². The molecule has 0 atom stereocenters. The van der Waals surface area contributed by atoms with Crippen molar-refractivity contribution < 1.29 is 4.79 Å². The molecular weight excluding hydrogens is 332 g/mol. The van der Waals surface area contributed by atoms with Gasteiger partial charge in [-0.05, 0) is 58.5 Å². The number of hydrogen-bond acceptors (Lipinski definition) is 2. The molecule has 0 saturated heterocycles. The molecule has 3 rings (SSSR count). The summed E-state index contributed by atoms with van der Waals surface area (Å²) in [7, 11) is 0. The van der Waals surface area contributed by atoms with E-state index in [0.29, 0.717) is 9.21 Å². The molecule has 18 heavy (non-hydrogen) atoms. The molecule has 0 bridgehead atoms. The number of halogens is 2. The van der Waals surface area contributed by atoms with Crippen LogP contribution < -0.4 is 0 Å². The van der Waals surface area contributed by atoms with Crippen molar-refractivity contribution in [2.75, 3.05) is 0 Å². The SMILES string of the molecule is O=C(c1ccc2c(c1)CCC2)c1cc(Br)c(Cl)s1. The maximum absolute atomic E-state index is 12.3. The number of ketones is 1. The van der Waals surface area contributed by atoms with Crippen LogP contribution in [-0.4, -0.2) is 5.78 Å². The fourth-order valence-electron chi connectivity index (χ4n) is 2.31. The van der Waals surface area contributed by atoms with E-state index in [1.807, 2.05) is 12.1 Å². The highest BCUT2D eigenvalue weighted by molar-refractivity contribution is 9.10. The van der Waals surface area contributed by atoms with Crippen LogP contribution in [0.4, 0.5) is 0 Å². The number of benzene rings is 1. The Bertz CT molecular complexity index is 613. The average Bonchev–Trinajstić information content (AvgIpc) is 2.95. The Morgan fingerprint density at radius 3 is 2.72 bits per heavy atom. The summed E-state index contributed by atoms with van der Waals surface area (Å²) >= 11 is 10.6. The highest BCUT2D eigenvalue weighted by Gasteiger charge is 2.17. The molecule has 92 valence electrons. The second-order valence-corrected chi connectivity index (χ2v) is 6.91. The Morgan fingerprint density at radius 2 is 2.00 bits per heavy atom. The normalized spacial score (nSPS) is 13.7. The maximum Gasteiger partial charge on any atom is 0.203 e. The van der Waals surface area contributed by atoms with Gasteiger partial charge in [-0.15, -0.1) is 11.3 Å². The van der Waals surface area contributed by atoms with E-state index in [9.17, 15) is 4.79 Å². The molecule has 2 aromatic rings. The largest absolute Gasteiger partial charge is 0.288 e. The van der Waals surface area contributed by atoms with E-state index < -0.39 is 0 Å². The number of rotatable bonds is 2. The molecule has 1 aliphatic rings. The predicted molar refractivity (Wildman–Crippen MR) is 78.9 cm³/mol. The van der Waals surface area contributed by atoms with E-state index in [1.165, 1.54) is 28.9 Å². The third-order valence-electron chi connectivity index (χ3n) is 3.23. The number of carbonyl (C=O) groups is 1. The van der Waals surface area contributed by atoms with Crippen molar-refractivity contribution in [3.8, 4) is 0 Å². The second kappa shape index (κ2) is 4.80. The van der Waals surface area contributed by atoms with Crippen LogP contribution in [0.25, 0.3) is 0 Å². The van der Waals surface area contributed by atoms with Crippen molar-refractivity contribution in [3.05, 3.63) is 54.6 Å². The summed E-state index contributed by atoms with van der Waals surface area (Å²) in [6.07, 6.45) is 3.43. The molecular formula is C14H10BrClOS. The van der Waals surface area contributed by atoms with Crippen molar-refractivity contribution >= 4 is 44.7 Å². The average molecular weight is 342 g/mol. The molecule has 0 saturated carbocycles. The van der Waals surface area contributed by atoms with Crippen LogP contribution in [0.2, 0.25) is 4.34 Å². The summed E-state index contributed by atoms with van der Waals surface area (Å²) in [5.74, 6) is 0.0577. The van der Waals surface area contributed by atoms with Crippen molar-refractivity contribution in [3.63, 3.8) is 0 Å². The Kier molecular flexibility index (Phi) is 3.31. The summed E-state index contributed by atoms with van der Waals surface area (Å²) in [5.41, 5.74) is 3.47. The monoisotopic (exact) mass is 340 g/mol. The Balaban J connectivity index is 1.97. The fourth-order valence-corrected chi connectivity index (χ4v) is 3.98. The molecule has 1 heterocycles. The van der Waals surface area contributed by atoms with Crippen LogP contribution in [-0.2, 0) is 12.8 Å². The molecule has 0 N–H and O–H groups in total. The van der Waals surface area contributed by atoms with Crippen molar-refractivity contribution in [2.24, 2.45) is 0 Å². The smallest absolute Gasteiger partial charge is 0.203 e. The topological polar surface area (TPSA) is 17.1 Å². The first-order valence-electron chi connectivity index (χ1n) is 5.76. The van der Waals surface area contributed by atoms with Gasteiger partial charge in [0, 0.05) is 10.0 Å². The lowest BCUT2D eigenvalue weighted by atomic mass is 10.0. The second-order valence-electron chi connectivity index (χ2n) is 4.40. The van der Waals surface area contributed by atoms with Gasteiger partial charge in [-0.3, -0.25) is 4.79 Å². The predicted octanol–water partition coefficient (Wildman–Crippen LogP) is 4.88. The standard InChI is InChI=1S/C14H10BrClOS/c15-11-7-12(18-14(11)16)13(17)10-5-4-8-2-1-3-9(8)6-10/h4-7H,1-3H2. The minimum Gasteiger partial charge on any atom is -0.288 e. The molecule has 0 radical (unpaired) electrons. The number of carbonyl (C=O) groups excluding carboxylic acids is 1. The van der Waals surface area contributed by atoms with Gasteiger partial charge in [0.05, 0.1) is 4.88 Å². The summed E-state index contributed by atoms with van der Waals surface area (Å²) in [6, 6.07) is 7.84. The van der Waals surface area contributed by atoms with Gasteiger partial charge < -0.3 is 0 Å². The Hall–Kier alpha value is -0.640. The fraction of sp³-hybridized carbons (Fsp3) is 0.214. The first-order valence-corrected chi connectivity index (χ1v) is 7.75. The first-order chi connectivity index (χ1) is 8.65. The van der Waals surface area contributed by atoms with E-state index in [2.05, 4.69) is 22.0 Å². The van der Waals surface area contributed by atoms with E-state index in [-0.39, 0.29) is 5.78 Å². The number of hydrogen-bond donors (Lipinski definition) is 0. The van der Waals surface area contributed by atoms with Crippen molar-refractivity contribution in [1.29, 1.82) is 0 Å². The zero-order chi connectivity index (χ0) is 12.7. The number of thiophene rings is 1. The van der Waals surface area contributed by atoms with Gasteiger partial charge in [-0.25, -0.2) is 0 Å². The third kappa shape index (κ3) is 2.15. The third-order valence-corrected chi connectivity index (χ3v) is 5.70. The highest BCUT2D eigenvalue weighted by Crippen LogP contribution is 2.33. The molecule has 0 unspecified atom stereocenters. The number of fused-ring (bicyclic) bond motifs is 1. The van der Waals surface area contributed by atoms with E-state index in [4.69, 9.17) is 11.6 Å². The summed E-state index contributed by atoms with van der Waals surface area (Å²) in [6.45, 7) is 0. The molecule has 4 heteroatoms. The molecule has 1 aromatic heterocycles. The molecule has 0 amide bonds. The summed E-state index contributed by atoms with van der Waals surface area (Å²) in [5, 5.41) is 0. The summed E-state index contributed by atoms with van der Waals surface area (Å²) in [4.78, 5) is 13.0. The maximum atomic E-state index is 12.3. The van der Waals surface area contributed by atoms with E-state index in [1.54, 1.807) is 6.07 Å². The molecule has 0 fully saturated rings. The van der Waals surface area contributed by atoms with Crippen molar-refractivity contribution in [1.82, 2.24) is 0 Å². The quantitative estimate of drug-likeness (QED) is 0.711. The van der Waals surface area contributed by atoms with Gasteiger partial charge in [-0.2, -0.15) is 0 Å². The van der Waals surface area contributed by atoms with Gasteiger partial charge in [0.25, 0.3) is 0 Å². The van der Waals surface area contributed by atoms with Gasteiger partial charge in [0.1, 0.15) is 4.34 Å². The Labute approximate surface area is 123 Å². The number of aryl methyl sites for hydroxylation is 2. The van der Waals surface area contributed by atoms with Crippen LogP contribution in [0.5, 0.6) is 0 Å². The lowest BCUT2D eigenvalue weighted by Gasteiger charge is -2.02. The van der Waals surface area contributed by atoms with Gasteiger partial charge in [0.2, 0.25) is 5.78 Å². The van der Waals surface area contributed by atoms with Crippen LogP contribution in [0.15, 0.2) is 28.7 Å². The summed E-state index contributed by atoms with van der Waals surface area (Å²) < 4.78 is 1.41. The molecule has 1 aliphatic carbocycles. The van der Waals surface area contributed by atoms with Gasteiger partial charge >= 0.3 is 0 Å². The molecule has 0 aliphatic heterocycles. The lowest BCUT2D eigenvalue weighted by Crippen LogP contribution is -1.99. The molecule has 1 nitrogen and oxygen atoms in total. The van der Waals surface area contributed by atoms with Crippen LogP contribution >= 0.6 is 38.9 Å². The minimum absolute atomic E-state index is 0.0577. The molecule has 1 aromatic carbocycles. The zero-order valence-corrected chi connectivity index (χ0v) is 12.7. The zero-order valence-electron chi connectivity index (χ0n) is 9.50. The minimum atomic E-state index is 0.0577.